The zero-order chi connectivity index (χ0) is 26.0. The number of amides is 1. The van der Waals surface area contributed by atoms with Gasteiger partial charge in [-0.15, -0.1) is 0 Å². The van der Waals surface area contributed by atoms with Gasteiger partial charge in [-0.3, -0.25) is 9.10 Å². The summed E-state index contributed by atoms with van der Waals surface area (Å²) in [5, 5.41) is 3.30. The molecule has 192 valence electrons. The van der Waals surface area contributed by atoms with Crippen molar-refractivity contribution in [1.29, 1.82) is 0 Å². The quantitative estimate of drug-likeness (QED) is 0.311. The molecule has 0 unspecified atom stereocenters. The van der Waals surface area contributed by atoms with Crippen molar-refractivity contribution < 1.29 is 22.7 Å². The lowest BCUT2D eigenvalue weighted by molar-refractivity contribution is -0.119. The number of benzene rings is 3. The molecule has 0 aliphatic carbocycles. The topological polar surface area (TPSA) is 84.9 Å². The van der Waals surface area contributed by atoms with Crippen molar-refractivity contribution >= 4 is 33.2 Å². The summed E-state index contributed by atoms with van der Waals surface area (Å²) < 4.78 is 38.9. The SMILES string of the molecule is CCCOc1ccccc1CCCNC(=O)CN(c1ccc(Cl)cc1)S(=O)(=O)c1ccc(OC)cc1. The van der Waals surface area contributed by atoms with E-state index in [1.54, 1.807) is 36.4 Å². The van der Waals surface area contributed by atoms with E-state index in [1.165, 1.54) is 19.2 Å². The number of methoxy groups -OCH3 is 1. The van der Waals surface area contributed by atoms with E-state index in [-0.39, 0.29) is 11.4 Å². The summed E-state index contributed by atoms with van der Waals surface area (Å²) in [7, 11) is -2.51. The Morgan fingerprint density at radius 1 is 1.00 bits per heavy atom. The number of carbonyl (C=O) groups excluding carboxylic acids is 1. The van der Waals surface area contributed by atoms with E-state index in [0.29, 0.717) is 36.0 Å². The first-order chi connectivity index (χ1) is 17.3. The molecule has 7 nitrogen and oxygen atoms in total. The Labute approximate surface area is 218 Å². The van der Waals surface area contributed by atoms with Gasteiger partial charge in [-0.05, 0) is 79.4 Å². The second-order valence-corrected chi connectivity index (χ2v) is 10.4. The molecule has 0 aliphatic heterocycles. The van der Waals surface area contributed by atoms with Crippen molar-refractivity contribution in [3.8, 4) is 11.5 Å². The first kappa shape index (κ1) is 27.4. The number of hydrogen-bond acceptors (Lipinski definition) is 5. The van der Waals surface area contributed by atoms with Crippen LogP contribution in [0.25, 0.3) is 0 Å². The molecule has 0 aliphatic rings. The Morgan fingerprint density at radius 3 is 2.36 bits per heavy atom. The molecule has 0 aromatic heterocycles. The summed E-state index contributed by atoms with van der Waals surface area (Å²) in [6, 6.07) is 20.2. The Morgan fingerprint density at radius 2 is 1.69 bits per heavy atom. The molecule has 3 rings (SSSR count). The van der Waals surface area contributed by atoms with E-state index in [4.69, 9.17) is 21.1 Å². The minimum absolute atomic E-state index is 0.0507. The highest BCUT2D eigenvalue weighted by Crippen LogP contribution is 2.26. The fraction of sp³-hybridized carbons (Fsp3) is 0.296. The van der Waals surface area contributed by atoms with E-state index >= 15 is 0 Å². The van der Waals surface area contributed by atoms with E-state index in [1.807, 2.05) is 24.3 Å². The molecule has 0 bridgehead atoms. The molecule has 9 heteroatoms. The molecule has 0 saturated heterocycles. The summed E-state index contributed by atoms with van der Waals surface area (Å²) in [6.07, 6.45) is 2.34. The van der Waals surface area contributed by atoms with Crippen molar-refractivity contribution in [2.75, 3.05) is 31.1 Å². The number of anilines is 1. The summed E-state index contributed by atoms with van der Waals surface area (Å²) in [5.41, 5.74) is 1.41. The molecule has 1 amide bonds. The average molecular weight is 531 g/mol. The summed E-state index contributed by atoms with van der Waals surface area (Å²) in [5.74, 6) is 0.981. The van der Waals surface area contributed by atoms with Gasteiger partial charge in [0.25, 0.3) is 10.0 Å². The molecule has 0 atom stereocenters. The molecule has 0 spiro atoms. The molecule has 0 heterocycles. The average Bonchev–Trinajstić information content (AvgIpc) is 2.89. The van der Waals surface area contributed by atoms with E-state index in [9.17, 15) is 13.2 Å². The highest BCUT2D eigenvalue weighted by Gasteiger charge is 2.27. The van der Waals surface area contributed by atoms with Crippen LogP contribution >= 0.6 is 11.6 Å². The first-order valence-electron chi connectivity index (χ1n) is 11.7. The lowest BCUT2D eigenvalue weighted by atomic mass is 10.1. The third-order valence-corrected chi connectivity index (χ3v) is 7.47. The Hall–Kier alpha value is -3.23. The lowest BCUT2D eigenvalue weighted by Gasteiger charge is -2.24. The van der Waals surface area contributed by atoms with Crippen LogP contribution in [0.4, 0.5) is 5.69 Å². The number of rotatable bonds is 13. The maximum Gasteiger partial charge on any atom is 0.264 e. The lowest BCUT2D eigenvalue weighted by Crippen LogP contribution is -2.41. The van der Waals surface area contributed by atoms with Crippen LogP contribution in [0.1, 0.15) is 25.3 Å². The highest BCUT2D eigenvalue weighted by atomic mass is 35.5. The van der Waals surface area contributed by atoms with Gasteiger partial charge in [-0.25, -0.2) is 8.42 Å². The van der Waals surface area contributed by atoms with Crippen molar-refractivity contribution in [2.24, 2.45) is 0 Å². The van der Waals surface area contributed by atoms with Gasteiger partial charge in [0.1, 0.15) is 18.0 Å². The zero-order valence-electron chi connectivity index (χ0n) is 20.4. The Balaban J connectivity index is 1.67. The van der Waals surface area contributed by atoms with Crippen molar-refractivity contribution in [3.63, 3.8) is 0 Å². The van der Waals surface area contributed by atoms with E-state index in [0.717, 1.165) is 28.5 Å². The van der Waals surface area contributed by atoms with E-state index in [2.05, 4.69) is 12.2 Å². The Kier molecular flexibility index (Phi) is 10.0. The van der Waals surface area contributed by atoms with Crippen LogP contribution < -0.4 is 19.1 Å². The van der Waals surface area contributed by atoms with Gasteiger partial charge in [-0.1, -0.05) is 36.7 Å². The normalized spacial score (nSPS) is 11.1. The molecule has 0 saturated carbocycles. The van der Waals surface area contributed by atoms with Gasteiger partial charge in [-0.2, -0.15) is 0 Å². The van der Waals surface area contributed by atoms with Crippen LogP contribution in [-0.2, 0) is 21.2 Å². The smallest absolute Gasteiger partial charge is 0.264 e. The van der Waals surface area contributed by atoms with Crippen molar-refractivity contribution in [1.82, 2.24) is 5.32 Å². The van der Waals surface area contributed by atoms with Crippen LogP contribution in [-0.4, -0.2) is 41.1 Å². The van der Waals surface area contributed by atoms with E-state index < -0.39 is 15.9 Å². The molecular weight excluding hydrogens is 500 g/mol. The first-order valence-corrected chi connectivity index (χ1v) is 13.6. The number of ether oxygens (including phenoxy) is 2. The van der Waals surface area contributed by atoms with Crippen LogP contribution in [0.3, 0.4) is 0 Å². The maximum atomic E-state index is 13.4. The van der Waals surface area contributed by atoms with Crippen molar-refractivity contribution in [3.05, 3.63) is 83.4 Å². The van der Waals surface area contributed by atoms with Gasteiger partial charge in [0.05, 0.1) is 24.3 Å². The van der Waals surface area contributed by atoms with Gasteiger partial charge in [0, 0.05) is 11.6 Å². The second kappa shape index (κ2) is 13.2. The van der Waals surface area contributed by atoms with Gasteiger partial charge >= 0.3 is 0 Å². The number of aryl methyl sites for hydroxylation is 1. The monoisotopic (exact) mass is 530 g/mol. The third kappa shape index (κ3) is 7.38. The van der Waals surface area contributed by atoms with Gasteiger partial charge in [0.2, 0.25) is 5.91 Å². The predicted molar refractivity (Wildman–Crippen MR) is 143 cm³/mol. The Bertz CT molecular complexity index is 1230. The van der Waals surface area contributed by atoms with Crippen molar-refractivity contribution in [2.45, 2.75) is 31.1 Å². The fourth-order valence-corrected chi connectivity index (χ4v) is 5.10. The van der Waals surface area contributed by atoms with Gasteiger partial charge < -0.3 is 14.8 Å². The van der Waals surface area contributed by atoms with Crippen LogP contribution in [0.15, 0.2) is 77.7 Å². The number of carbonyl (C=O) groups is 1. The van der Waals surface area contributed by atoms with Gasteiger partial charge in [0.15, 0.2) is 0 Å². The number of halogens is 1. The molecule has 1 N–H and O–H groups in total. The molecular formula is C27H31ClN2O5S. The predicted octanol–water partition coefficient (Wildman–Crippen LogP) is 5.08. The maximum absolute atomic E-state index is 13.4. The standard InChI is InChI=1S/C27H31ClN2O5S/c1-3-19-35-26-9-5-4-7-21(26)8-6-18-29-27(31)20-30(23-12-10-22(28)11-13-23)36(32,33)25-16-14-24(34-2)15-17-25/h4-5,7,9-17H,3,6,8,18-20H2,1-2H3,(H,29,31). The van der Waals surface area contributed by atoms with Crippen LogP contribution in [0, 0.1) is 0 Å². The number of nitrogens with one attached hydrogen (secondary N) is 1. The third-order valence-electron chi connectivity index (χ3n) is 5.43. The minimum atomic E-state index is -4.02. The summed E-state index contributed by atoms with van der Waals surface area (Å²) in [6.45, 7) is 2.74. The van der Waals surface area contributed by atoms with Crippen LogP contribution in [0.5, 0.6) is 11.5 Å². The molecule has 3 aromatic rings. The fourth-order valence-electron chi connectivity index (χ4n) is 3.55. The number of para-hydroxylation sites is 1. The molecule has 36 heavy (non-hydrogen) atoms. The molecule has 3 aromatic carbocycles. The second-order valence-electron chi connectivity index (χ2n) is 8.07. The number of nitrogens with zero attached hydrogens (tertiary/aromatic N) is 1. The minimum Gasteiger partial charge on any atom is -0.497 e. The largest absolute Gasteiger partial charge is 0.497 e. The number of hydrogen-bond donors (Lipinski definition) is 1. The number of sulfonamides is 1. The summed E-state index contributed by atoms with van der Waals surface area (Å²) in [4.78, 5) is 12.9. The zero-order valence-corrected chi connectivity index (χ0v) is 22.0. The molecule has 0 fully saturated rings. The molecule has 0 radical (unpaired) electrons. The van der Waals surface area contributed by atoms with Crippen LogP contribution in [0.2, 0.25) is 5.02 Å². The summed E-state index contributed by atoms with van der Waals surface area (Å²) >= 11 is 5.99. The highest BCUT2D eigenvalue weighted by molar-refractivity contribution is 7.92.